The zero-order valence-corrected chi connectivity index (χ0v) is 11.1. The topological polar surface area (TPSA) is 75.1 Å². The van der Waals surface area contributed by atoms with E-state index in [2.05, 4.69) is 6.92 Å². The van der Waals surface area contributed by atoms with E-state index in [0.717, 1.165) is 32.7 Å². The molecule has 0 spiro atoms. The van der Waals surface area contributed by atoms with Crippen LogP contribution >= 0.6 is 0 Å². The highest BCUT2D eigenvalue weighted by molar-refractivity contribution is 5.41. The molecular weight excluding hydrogens is 246 g/mol. The van der Waals surface area contributed by atoms with Crippen LogP contribution in [0.4, 0.5) is 5.69 Å². The van der Waals surface area contributed by atoms with Gasteiger partial charge in [-0.05, 0) is 6.92 Å². The third-order valence-electron chi connectivity index (χ3n) is 3.86. The highest BCUT2D eigenvalue weighted by Crippen LogP contribution is 2.19. The number of piperazine rings is 1. The lowest BCUT2D eigenvalue weighted by Crippen LogP contribution is -3.27. The van der Waals surface area contributed by atoms with Gasteiger partial charge in [-0.2, -0.15) is 0 Å². The summed E-state index contributed by atoms with van der Waals surface area (Å²) in [6.45, 7) is 8.16. The molecule has 0 unspecified atom stereocenters. The molecule has 1 saturated heterocycles. The number of hydrogen-bond donors (Lipinski definition) is 2. The zero-order valence-electron chi connectivity index (χ0n) is 11.1. The number of nitrogens with one attached hydrogen (secondary N) is 2. The molecule has 1 aromatic carbocycles. The molecule has 0 bridgehead atoms. The van der Waals surface area contributed by atoms with Crippen LogP contribution in [-0.4, -0.2) is 37.6 Å². The lowest BCUT2D eigenvalue weighted by Gasteiger charge is -2.29. The second kappa shape index (κ2) is 5.99. The van der Waals surface area contributed by atoms with E-state index >= 15 is 0 Å². The number of hydrogen-bond acceptors (Lipinski definition) is 3. The molecule has 1 fully saturated rings. The summed E-state index contributed by atoms with van der Waals surface area (Å²) in [6, 6.07) is 4.01. The summed E-state index contributed by atoms with van der Waals surface area (Å²) in [5.41, 5.74) is 0.566. The Morgan fingerprint density at radius 1 is 1.21 bits per heavy atom. The first-order chi connectivity index (χ1) is 9.10. The average molecular weight is 266 g/mol. The summed E-state index contributed by atoms with van der Waals surface area (Å²) < 4.78 is 0. The molecule has 0 radical (unpaired) electrons. The van der Waals surface area contributed by atoms with Crippen molar-refractivity contribution >= 4 is 5.69 Å². The third-order valence-corrected chi connectivity index (χ3v) is 3.86. The van der Waals surface area contributed by atoms with Gasteiger partial charge in [0.15, 0.2) is 0 Å². The molecule has 0 aromatic heterocycles. The fraction of sp³-hybridized carbons (Fsp3) is 0.538. The van der Waals surface area contributed by atoms with Crippen molar-refractivity contribution in [1.82, 2.24) is 0 Å². The Bertz CT molecular complexity index is 456. The summed E-state index contributed by atoms with van der Waals surface area (Å²) in [7, 11) is 0. The lowest BCUT2D eigenvalue weighted by atomic mass is 10.1. The second-order valence-electron chi connectivity index (χ2n) is 5.08. The summed E-state index contributed by atoms with van der Waals surface area (Å²) in [5, 5.41) is 22.5. The Labute approximate surface area is 112 Å². The van der Waals surface area contributed by atoms with Crippen molar-refractivity contribution in [1.29, 1.82) is 0 Å². The molecule has 2 rings (SSSR count). The van der Waals surface area contributed by atoms with Gasteiger partial charge in [-0.15, -0.1) is 0 Å². The van der Waals surface area contributed by atoms with E-state index in [9.17, 15) is 15.2 Å². The Balaban J connectivity index is 2.03. The predicted octanol–water partition coefficient (Wildman–Crippen LogP) is -2.03. The number of quaternary nitrogens is 2. The van der Waals surface area contributed by atoms with Gasteiger partial charge in [-0.1, -0.05) is 11.8 Å². The van der Waals surface area contributed by atoms with Gasteiger partial charge in [-0.25, -0.2) is 0 Å². The van der Waals surface area contributed by atoms with Gasteiger partial charge >= 0.3 is 0 Å². The molecule has 104 valence electrons. The number of nitrogens with zero attached hydrogens (tertiary/aromatic N) is 1. The summed E-state index contributed by atoms with van der Waals surface area (Å²) >= 11 is 0. The standard InChI is InChI=1S/C13H19N3O3/c1-2-14-5-7-15(8-6-14)10-11-9-12(16(18)19)3-4-13(11)17/h3-4,9,17H,2,5-8,10H2,1H3/p+1. The smallest absolute Gasteiger partial charge is 0.269 e. The molecule has 0 atom stereocenters. The minimum atomic E-state index is -0.447. The van der Waals surface area contributed by atoms with Crippen molar-refractivity contribution in [2.45, 2.75) is 13.5 Å². The number of rotatable bonds is 4. The van der Waals surface area contributed by atoms with Crippen LogP contribution in [0.15, 0.2) is 18.2 Å². The summed E-state index contributed by atoms with van der Waals surface area (Å²) in [6.07, 6.45) is 0. The highest BCUT2D eigenvalue weighted by Gasteiger charge is 2.22. The van der Waals surface area contributed by atoms with Gasteiger partial charge in [0.25, 0.3) is 5.69 Å². The van der Waals surface area contributed by atoms with E-state index in [1.165, 1.54) is 23.1 Å². The molecule has 1 aromatic rings. The number of benzene rings is 1. The lowest BCUT2D eigenvalue weighted by molar-refractivity contribution is -1.02. The van der Waals surface area contributed by atoms with Crippen LogP contribution in [0.5, 0.6) is 5.75 Å². The van der Waals surface area contributed by atoms with E-state index in [1.54, 1.807) is 4.90 Å². The van der Waals surface area contributed by atoms with Crippen LogP contribution in [0, 0.1) is 10.1 Å². The first-order valence-electron chi connectivity index (χ1n) is 6.71. The molecule has 2 N–H and O–H groups in total. The maximum atomic E-state index is 11.7. The second-order valence-corrected chi connectivity index (χ2v) is 5.08. The number of non-ortho nitro benzene ring substituents is 1. The third kappa shape index (κ3) is 3.42. The normalized spacial score (nSPS) is 23.2. The first-order valence-corrected chi connectivity index (χ1v) is 6.71. The summed E-state index contributed by atoms with van der Waals surface area (Å²) in [5.74, 6) is -0.0941. The average Bonchev–Trinajstić information content (AvgIpc) is 2.42. The van der Waals surface area contributed by atoms with E-state index in [1.807, 2.05) is 0 Å². The van der Waals surface area contributed by atoms with E-state index < -0.39 is 4.92 Å². The molecule has 6 heteroatoms. The molecule has 1 aliphatic rings. The van der Waals surface area contributed by atoms with Crippen molar-refractivity contribution < 1.29 is 19.8 Å². The van der Waals surface area contributed by atoms with Gasteiger partial charge in [-0.3, -0.25) is 10.1 Å². The highest BCUT2D eigenvalue weighted by atomic mass is 16.6. The van der Waals surface area contributed by atoms with E-state index in [4.69, 9.17) is 0 Å². The first kappa shape index (κ1) is 13.8. The zero-order chi connectivity index (χ0) is 13.8. The monoisotopic (exact) mass is 266 g/mol. The Morgan fingerprint density at radius 3 is 2.42 bits per heavy atom. The fourth-order valence-electron chi connectivity index (χ4n) is 2.57. The molecule has 0 saturated carbocycles. The van der Waals surface area contributed by atoms with Crippen LogP contribution < -0.4 is 14.9 Å². The Kier molecular flexibility index (Phi) is 4.34. The molecule has 0 amide bonds. The fourth-order valence-corrected chi connectivity index (χ4v) is 2.57. The van der Waals surface area contributed by atoms with Crippen LogP contribution in [0.25, 0.3) is 0 Å². The van der Waals surface area contributed by atoms with Gasteiger partial charge in [0.1, 0.15) is 32.7 Å². The van der Waals surface area contributed by atoms with Crippen LogP contribution in [0.3, 0.4) is 0 Å². The minimum absolute atomic E-state index is 0.00631. The van der Waals surface area contributed by atoms with Crippen molar-refractivity contribution in [3.63, 3.8) is 0 Å². The van der Waals surface area contributed by atoms with Gasteiger partial charge in [0.2, 0.25) is 0 Å². The van der Waals surface area contributed by atoms with Crippen molar-refractivity contribution in [3.8, 4) is 5.75 Å². The summed E-state index contributed by atoms with van der Waals surface area (Å²) in [4.78, 5) is 13.2. The molecule has 6 nitrogen and oxygen atoms in total. The molecular formula is C13H20N3O3+. The van der Waals surface area contributed by atoms with Crippen molar-refractivity contribution in [2.24, 2.45) is 0 Å². The largest absolute Gasteiger partial charge is 0.872 e. The SMILES string of the molecule is CC[NH+]1CC[NH+](Cc2cc([N+](=O)[O-])ccc2[O-])CC1. The van der Waals surface area contributed by atoms with Gasteiger partial charge in [0, 0.05) is 17.7 Å². The van der Waals surface area contributed by atoms with Crippen LogP contribution in [0.2, 0.25) is 0 Å². The number of nitro benzene ring substituents is 1. The van der Waals surface area contributed by atoms with Crippen molar-refractivity contribution in [3.05, 3.63) is 33.9 Å². The van der Waals surface area contributed by atoms with E-state index in [-0.39, 0.29) is 11.4 Å². The number of likely N-dealkylation sites (N-methyl/N-ethyl adjacent to an activating group) is 1. The van der Waals surface area contributed by atoms with Crippen molar-refractivity contribution in [2.75, 3.05) is 32.7 Å². The Morgan fingerprint density at radius 2 is 1.84 bits per heavy atom. The predicted molar refractivity (Wildman–Crippen MR) is 68.2 cm³/mol. The molecule has 1 aliphatic heterocycles. The molecule has 1 heterocycles. The minimum Gasteiger partial charge on any atom is -0.872 e. The van der Waals surface area contributed by atoms with E-state index in [0.29, 0.717) is 12.1 Å². The quantitative estimate of drug-likeness (QED) is 0.487. The van der Waals surface area contributed by atoms with Crippen LogP contribution in [-0.2, 0) is 6.54 Å². The molecule has 0 aliphatic carbocycles. The molecule has 19 heavy (non-hydrogen) atoms. The number of nitro groups is 1. The van der Waals surface area contributed by atoms with Gasteiger partial charge < -0.3 is 14.9 Å². The van der Waals surface area contributed by atoms with Gasteiger partial charge in [0.05, 0.1) is 11.5 Å². The maximum absolute atomic E-state index is 11.7. The maximum Gasteiger partial charge on any atom is 0.269 e. The Hall–Kier alpha value is -1.66. The van der Waals surface area contributed by atoms with Crippen LogP contribution in [0.1, 0.15) is 12.5 Å².